The third kappa shape index (κ3) is 5.43. The number of methoxy groups -OCH3 is 1. The standard InChI is InChI=1S/C19H35NO4/c1-13(21)23-12-16-18(22-5)17(10-11-20-16)24-15-8-6-14(7-9-15)19(2,3)4/h14-18,20H,6-12H2,1-5H3. The van der Waals surface area contributed by atoms with Gasteiger partial charge in [0.05, 0.1) is 18.2 Å². The lowest BCUT2D eigenvalue weighted by Gasteiger charge is -2.42. The smallest absolute Gasteiger partial charge is 0.302 e. The van der Waals surface area contributed by atoms with Crippen LogP contribution in [0.1, 0.15) is 59.8 Å². The van der Waals surface area contributed by atoms with E-state index in [2.05, 4.69) is 26.1 Å². The van der Waals surface area contributed by atoms with Crippen molar-refractivity contribution in [2.24, 2.45) is 11.3 Å². The molecule has 1 aliphatic heterocycles. The molecular weight excluding hydrogens is 306 g/mol. The summed E-state index contributed by atoms with van der Waals surface area (Å²) in [6.07, 6.45) is 6.04. The number of carbonyl (C=O) groups excluding carboxylic acids is 1. The van der Waals surface area contributed by atoms with E-state index in [1.54, 1.807) is 7.11 Å². The van der Waals surface area contributed by atoms with Crippen LogP contribution < -0.4 is 5.32 Å². The molecule has 3 unspecified atom stereocenters. The van der Waals surface area contributed by atoms with Crippen LogP contribution in [0.3, 0.4) is 0 Å². The van der Waals surface area contributed by atoms with Crippen molar-refractivity contribution in [2.45, 2.75) is 84.2 Å². The second-order valence-electron chi connectivity index (χ2n) is 8.37. The van der Waals surface area contributed by atoms with E-state index in [0.29, 0.717) is 18.1 Å². The fourth-order valence-corrected chi connectivity index (χ4v) is 4.09. The summed E-state index contributed by atoms with van der Waals surface area (Å²) in [7, 11) is 1.71. The van der Waals surface area contributed by atoms with Crippen LogP contribution >= 0.6 is 0 Å². The molecule has 140 valence electrons. The minimum absolute atomic E-state index is 0.00330. The van der Waals surface area contributed by atoms with Crippen LogP contribution in [0.5, 0.6) is 0 Å². The monoisotopic (exact) mass is 341 g/mol. The van der Waals surface area contributed by atoms with Gasteiger partial charge in [-0.15, -0.1) is 0 Å². The first-order valence-corrected chi connectivity index (χ1v) is 9.36. The SMILES string of the molecule is COC1C(COC(C)=O)NCCC1OC1CCC(C(C)(C)C)CC1. The molecule has 0 spiro atoms. The molecule has 24 heavy (non-hydrogen) atoms. The van der Waals surface area contributed by atoms with Crippen molar-refractivity contribution in [1.29, 1.82) is 0 Å². The summed E-state index contributed by atoms with van der Waals surface area (Å²) < 4.78 is 17.3. The van der Waals surface area contributed by atoms with Gasteiger partial charge in [-0.25, -0.2) is 0 Å². The maximum absolute atomic E-state index is 11.1. The molecule has 2 fully saturated rings. The molecule has 0 aromatic heterocycles. The Hall–Kier alpha value is -0.650. The predicted molar refractivity (Wildman–Crippen MR) is 93.9 cm³/mol. The summed E-state index contributed by atoms with van der Waals surface area (Å²) in [5.74, 6) is 0.538. The highest BCUT2D eigenvalue weighted by Gasteiger charge is 2.37. The summed E-state index contributed by atoms with van der Waals surface area (Å²) in [5.41, 5.74) is 0.393. The summed E-state index contributed by atoms with van der Waals surface area (Å²) in [6, 6.07) is 0.00330. The first-order chi connectivity index (χ1) is 11.3. The molecule has 1 N–H and O–H groups in total. The van der Waals surface area contributed by atoms with Gasteiger partial charge in [-0.1, -0.05) is 20.8 Å². The van der Waals surface area contributed by atoms with Gasteiger partial charge >= 0.3 is 5.97 Å². The molecule has 3 atom stereocenters. The van der Waals surface area contributed by atoms with Gasteiger partial charge in [-0.2, -0.15) is 0 Å². The number of rotatable bonds is 5. The number of hydrogen-bond donors (Lipinski definition) is 1. The summed E-state index contributed by atoms with van der Waals surface area (Å²) in [5, 5.41) is 3.39. The number of hydrogen-bond acceptors (Lipinski definition) is 5. The molecule has 1 aliphatic carbocycles. The number of piperidine rings is 1. The Balaban J connectivity index is 1.85. The Morgan fingerprint density at radius 2 is 1.79 bits per heavy atom. The second kappa shape index (κ2) is 8.63. The van der Waals surface area contributed by atoms with E-state index >= 15 is 0 Å². The van der Waals surface area contributed by atoms with Gasteiger partial charge in [0.15, 0.2) is 0 Å². The fourth-order valence-electron chi connectivity index (χ4n) is 4.09. The molecular formula is C19H35NO4. The average molecular weight is 341 g/mol. The largest absolute Gasteiger partial charge is 0.464 e. The Kier molecular flexibility index (Phi) is 7.08. The molecule has 0 amide bonds. The molecule has 2 rings (SSSR count). The van der Waals surface area contributed by atoms with Crippen LogP contribution in [-0.2, 0) is 19.0 Å². The van der Waals surface area contributed by atoms with Gasteiger partial charge in [0.25, 0.3) is 0 Å². The van der Waals surface area contributed by atoms with Gasteiger partial charge in [0, 0.05) is 14.0 Å². The van der Waals surface area contributed by atoms with Crippen molar-refractivity contribution < 1.29 is 19.0 Å². The van der Waals surface area contributed by atoms with E-state index < -0.39 is 0 Å². The molecule has 1 heterocycles. The summed E-state index contributed by atoms with van der Waals surface area (Å²) in [6.45, 7) is 9.66. The Morgan fingerprint density at radius 1 is 1.12 bits per heavy atom. The lowest BCUT2D eigenvalue weighted by Crippen LogP contribution is -2.57. The zero-order valence-electron chi connectivity index (χ0n) is 16.0. The fraction of sp³-hybridized carbons (Fsp3) is 0.947. The highest BCUT2D eigenvalue weighted by molar-refractivity contribution is 5.65. The van der Waals surface area contributed by atoms with E-state index in [4.69, 9.17) is 14.2 Å². The van der Waals surface area contributed by atoms with E-state index in [1.165, 1.54) is 19.8 Å². The van der Waals surface area contributed by atoms with Gasteiger partial charge in [0.2, 0.25) is 0 Å². The number of carbonyl (C=O) groups is 1. The van der Waals surface area contributed by atoms with Gasteiger partial charge in [-0.05, 0) is 50.0 Å². The molecule has 5 nitrogen and oxygen atoms in total. The molecule has 1 saturated carbocycles. The first-order valence-electron chi connectivity index (χ1n) is 9.36. The average Bonchev–Trinajstić information content (AvgIpc) is 2.52. The third-order valence-electron chi connectivity index (χ3n) is 5.60. The van der Waals surface area contributed by atoms with Crippen molar-refractivity contribution >= 4 is 5.97 Å². The lowest BCUT2D eigenvalue weighted by molar-refractivity contribution is -0.151. The minimum atomic E-state index is -0.254. The highest BCUT2D eigenvalue weighted by atomic mass is 16.6. The van der Waals surface area contributed by atoms with Crippen LogP contribution in [0, 0.1) is 11.3 Å². The van der Waals surface area contributed by atoms with Crippen molar-refractivity contribution in [3.63, 3.8) is 0 Å². The van der Waals surface area contributed by atoms with Gasteiger partial charge < -0.3 is 19.5 Å². The first kappa shape index (κ1) is 19.7. The topological polar surface area (TPSA) is 56.8 Å². The van der Waals surface area contributed by atoms with Crippen molar-refractivity contribution in [2.75, 3.05) is 20.3 Å². The van der Waals surface area contributed by atoms with Crippen LogP contribution in [0.25, 0.3) is 0 Å². The quantitative estimate of drug-likeness (QED) is 0.779. The molecule has 1 saturated heterocycles. The lowest BCUT2D eigenvalue weighted by atomic mass is 9.72. The number of ether oxygens (including phenoxy) is 3. The Labute approximate surface area is 146 Å². The normalized spacial score (nSPS) is 34.8. The highest BCUT2D eigenvalue weighted by Crippen LogP contribution is 2.39. The van der Waals surface area contributed by atoms with Crippen LogP contribution in [0.4, 0.5) is 0 Å². The Morgan fingerprint density at radius 3 is 2.33 bits per heavy atom. The zero-order chi connectivity index (χ0) is 17.7. The molecule has 0 aromatic rings. The van der Waals surface area contributed by atoms with E-state index in [0.717, 1.165) is 31.7 Å². The third-order valence-corrected chi connectivity index (χ3v) is 5.60. The van der Waals surface area contributed by atoms with E-state index in [9.17, 15) is 4.79 Å². The number of nitrogens with one attached hydrogen (secondary N) is 1. The predicted octanol–water partition coefficient (Wildman–Crippen LogP) is 2.92. The van der Waals surface area contributed by atoms with Crippen molar-refractivity contribution in [3.8, 4) is 0 Å². The van der Waals surface area contributed by atoms with Crippen LogP contribution in [0.2, 0.25) is 0 Å². The molecule has 0 bridgehead atoms. The summed E-state index contributed by atoms with van der Waals surface area (Å²) >= 11 is 0. The summed E-state index contributed by atoms with van der Waals surface area (Å²) in [4.78, 5) is 11.1. The van der Waals surface area contributed by atoms with Gasteiger partial charge in [-0.3, -0.25) is 4.79 Å². The molecule has 0 aromatic carbocycles. The van der Waals surface area contributed by atoms with Crippen molar-refractivity contribution in [1.82, 2.24) is 5.32 Å². The van der Waals surface area contributed by atoms with Crippen LogP contribution in [0.15, 0.2) is 0 Å². The van der Waals surface area contributed by atoms with Gasteiger partial charge in [0.1, 0.15) is 12.7 Å². The molecule has 5 heteroatoms. The zero-order valence-corrected chi connectivity index (χ0v) is 16.0. The Bertz CT molecular complexity index is 399. The van der Waals surface area contributed by atoms with E-state index in [-0.39, 0.29) is 24.2 Å². The minimum Gasteiger partial charge on any atom is -0.464 e. The maximum atomic E-state index is 11.1. The van der Waals surface area contributed by atoms with Crippen molar-refractivity contribution in [3.05, 3.63) is 0 Å². The molecule has 0 radical (unpaired) electrons. The maximum Gasteiger partial charge on any atom is 0.302 e. The van der Waals surface area contributed by atoms with E-state index in [1.807, 2.05) is 0 Å². The number of esters is 1. The van der Waals surface area contributed by atoms with Crippen LogP contribution in [-0.4, -0.2) is 50.6 Å². The second-order valence-corrected chi connectivity index (χ2v) is 8.37. The molecule has 2 aliphatic rings.